The first kappa shape index (κ1) is 17.0. The van der Waals surface area contributed by atoms with E-state index in [1.165, 1.54) is 12.1 Å². The van der Waals surface area contributed by atoms with Gasteiger partial charge < -0.3 is 9.47 Å². The largest absolute Gasteiger partial charge is 0.476 e. The van der Waals surface area contributed by atoms with E-state index in [4.69, 9.17) is 9.47 Å². The number of benzene rings is 2. The van der Waals surface area contributed by atoms with E-state index in [1.807, 2.05) is 6.92 Å². The van der Waals surface area contributed by atoms with E-state index in [9.17, 15) is 13.2 Å². The van der Waals surface area contributed by atoms with Crippen LogP contribution in [0.3, 0.4) is 0 Å². The highest BCUT2D eigenvalue weighted by atomic mass is 32.2. The van der Waals surface area contributed by atoms with Crippen molar-refractivity contribution in [1.82, 2.24) is 0 Å². The van der Waals surface area contributed by atoms with Gasteiger partial charge in [-0.15, -0.1) is 0 Å². The Hall–Kier alpha value is -2.34. The Balaban J connectivity index is 2.14. The molecule has 0 amide bonds. The van der Waals surface area contributed by atoms with Crippen LogP contribution in [0.15, 0.2) is 59.5 Å². The van der Waals surface area contributed by atoms with E-state index >= 15 is 0 Å². The van der Waals surface area contributed by atoms with Gasteiger partial charge in [-0.1, -0.05) is 37.3 Å². The zero-order chi connectivity index (χ0) is 16.7. The zero-order valence-electron chi connectivity index (χ0n) is 12.8. The van der Waals surface area contributed by atoms with E-state index in [-0.39, 0.29) is 16.2 Å². The molecule has 0 atom stereocenters. The number of hydrogen-bond donors (Lipinski definition) is 0. The van der Waals surface area contributed by atoms with Gasteiger partial charge in [-0.2, -0.15) is 0 Å². The smallest absolute Gasteiger partial charge is 0.341 e. The minimum absolute atomic E-state index is 0.172. The van der Waals surface area contributed by atoms with Crippen molar-refractivity contribution in [2.45, 2.75) is 18.2 Å². The molecule has 5 nitrogen and oxygen atoms in total. The summed E-state index contributed by atoms with van der Waals surface area (Å²) in [6, 6.07) is 14.4. The van der Waals surface area contributed by atoms with Crippen LogP contribution in [0.2, 0.25) is 0 Å². The molecule has 0 radical (unpaired) electrons. The molecule has 0 saturated heterocycles. The number of ether oxygens (including phenoxy) is 2. The Bertz CT molecular complexity index is 754. The summed E-state index contributed by atoms with van der Waals surface area (Å²) >= 11 is 0. The van der Waals surface area contributed by atoms with Gasteiger partial charge in [0.05, 0.1) is 11.5 Å². The average molecular weight is 334 g/mol. The second kappa shape index (κ2) is 7.78. The van der Waals surface area contributed by atoms with Gasteiger partial charge in [0, 0.05) is 0 Å². The number of para-hydroxylation sites is 1. The summed E-state index contributed by atoms with van der Waals surface area (Å²) in [5, 5.41) is 0. The molecule has 6 heteroatoms. The van der Waals surface area contributed by atoms with Crippen LogP contribution >= 0.6 is 0 Å². The van der Waals surface area contributed by atoms with Crippen LogP contribution in [0.4, 0.5) is 0 Å². The summed E-state index contributed by atoms with van der Waals surface area (Å²) in [7, 11) is -3.59. The molecule has 0 aliphatic heterocycles. The molecule has 0 fully saturated rings. The lowest BCUT2D eigenvalue weighted by molar-refractivity contribution is 0.0501. The first-order valence-electron chi connectivity index (χ1n) is 7.21. The molecule has 23 heavy (non-hydrogen) atoms. The van der Waals surface area contributed by atoms with E-state index in [1.54, 1.807) is 42.5 Å². The van der Waals surface area contributed by atoms with Gasteiger partial charge in [-0.05, 0) is 30.7 Å². The molecule has 0 aliphatic rings. The molecule has 2 aromatic rings. The molecule has 2 rings (SSSR count). The van der Waals surface area contributed by atoms with Gasteiger partial charge in [-0.3, -0.25) is 0 Å². The number of carbonyl (C=O) groups excluding carboxylic acids is 1. The number of sulfone groups is 1. The SMILES string of the molecule is CCCOC(=O)c1ccccc1OCS(=O)(=O)c1ccccc1. The number of hydrogen-bond acceptors (Lipinski definition) is 5. The monoisotopic (exact) mass is 334 g/mol. The molecule has 0 saturated carbocycles. The summed E-state index contributed by atoms with van der Waals surface area (Å²) in [6.45, 7) is 2.19. The quantitative estimate of drug-likeness (QED) is 0.728. The Morgan fingerprint density at radius 3 is 2.35 bits per heavy atom. The van der Waals surface area contributed by atoms with Crippen molar-refractivity contribution >= 4 is 15.8 Å². The number of carbonyl (C=O) groups is 1. The highest BCUT2D eigenvalue weighted by molar-refractivity contribution is 7.91. The van der Waals surface area contributed by atoms with E-state index in [0.717, 1.165) is 0 Å². The average Bonchev–Trinajstić information content (AvgIpc) is 2.59. The van der Waals surface area contributed by atoms with Crippen molar-refractivity contribution < 1.29 is 22.7 Å². The molecule has 0 aliphatic carbocycles. The molecule has 0 unspecified atom stereocenters. The maximum absolute atomic E-state index is 12.2. The van der Waals surface area contributed by atoms with Gasteiger partial charge in [0.2, 0.25) is 9.84 Å². The van der Waals surface area contributed by atoms with Crippen LogP contribution in [0.1, 0.15) is 23.7 Å². The minimum Gasteiger partial charge on any atom is -0.476 e. The third kappa shape index (κ3) is 4.56. The van der Waals surface area contributed by atoms with Crippen LogP contribution in [-0.4, -0.2) is 26.9 Å². The maximum atomic E-state index is 12.2. The van der Waals surface area contributed by atoms with Crippen LogP contribution in [-0.2, 0) is 14.6 Å². The first-order valence-corrected chi connectivity index (χ1v) is 8.86. The normalized spacial score (nSPS) is 11.0. The fourth-order valence-corrected chi connectivity index (χ4v) is 2.86. The Kier molecular flexibility index (Phi) is 5.76. The highest BCUT2D eigenvalue weighted by Gasteiger charge is 2.18. The Labute approximate surface area is 135 Å². The molecule has 122 valence electrons. The molecule has 2 aromatic carbocycles. The van der Waals surface area contributed by atoms with Crippen LogP contribution in [0.25, 0.3) is 0 Å². The van der Waals surface area contributed by atoms with Crippen molar-refractivity contribution in [3.05, 3.63) is 60.2 Å². The standard InChI is InChI=1S/C17H18O5S/c1-2-12-21-17(18)15-10-6-7-11-16(15)22-13-23(19,20)14-8-4-3-5-9-14/h3-11H,2,12-13H2,1H3. The van der Waals surface area contributed by atoms with Gasteiger partial charge in [0.15, 0.2) is 5.94 Å². The number of esters is 1. The summed E-state index contributed by atoms with van der Waals surface area (Å²) in [5.74, 6) is -0.887. The molecule has 0 bridgehead atoms. The molecule has 0 N–H and O–H groups in total. The van der Waals surface area contributed by atoms with Gasteiger partial charge in [-0.25, -0.2) is 13.2 Å². The zero-order valence-corrected chi connectivity index (χ0v) is 13.6. The van der Waals surface area contributed by atoms with Gasteiger partial charge in [0.25, 0.3) is 0 Å². The molecule has 0 heterocycles. The van der Waals surface area contributed by atoms with Crippen LogP contribution < -0.4 is 4.74 Å². The molecular formula is C17H18O5S. The topological polar surface area (TPSA) is 69.7 Å². The predicted molar refractivity (Wildman–Crippen MR) is 86.1 cm³/mol. The van der Waals surface area contributed by atoms with Crippen molar-refractivity contribution in [2.75, 3.05) is 12.5 Å². The van der Waals surface area contributed by atoms with Crippen molar-refractivity contribution in [3.8, 4) is 5.75 Å². The second-order valence-electron chi connectivity index (χ2n) is 4.82. The number of rotatable bonds is 7. The third-order valence-electron chi connectivity index (χ3n) is 3.02. The van der Waals surface area contributed by atoms with Crippen molar-refractivity contribution in [2.24, 2.45) is 0 Å². The Morgan fingerprint density at radius 2 is 1.65 bits per heavy atom. The first-order chi connectivity index (χ1) is 11.0. The van der Waals surface area contributed by atoms with Crippen molar-refractivity contribution in [3.63, 3.8) is 0 Å². The van der Waals surface area contributed by atoms with Crippen LogP contribution in [0.5, 0.6) is 5.75 Å². The fraction of sp³-hybridized carbons (Fsp3) is 0.235. The predicted octanol–water partition coefficient (Wildman–Crippen LogP) is 3.06. The summed E-state index contributed by atoms with van der Waals surface area (Å²) < 4.78 is 34.9. The van der Waals surface area contributed by atoms with Gasteiger partial charge >= 0.3 is 5.97 Å². The second-order valence-corrected chi connectivity index (χ2v) is 6.76. The molecule has 0 aromatic heterocycles. The van der Waals surface area contributed by atoms with Crippen LogP contribution in [0, 0.1) is 0 Å². The molecular weight excluding hydrogens is 316 g/mol. The lowest BCUT2D eigenvalue weighted by Gasteiger charge is -2.11. The summed E-state index contributed by atoms with van der Waals surface area (Å²) in [4.78, 5) is 12.1. The van der Waals surface area contributed by atoms with E-state index in [2.05, 4.69) is 0 Å². The lowest BCUT2D eigenvalue weighted by Crippen LogP contribution is -2.15. The fourth-order valence-electron chi connectivity index (χ4n) is 1.87. The van der Waals surface area contributed by atoms with Crippen molar-refractivity contribution in [1.29, 1.82) is 0 Å². The third-order valence-corrected chi connectivity index (χ3v) is 4.43. The lowest BCUT2D eigenvalue weighted by atomic mass is 10.2. The minimum atomic E-state index is -3.59. The highest BCUT2D eigenvalue weighted by Crippen LogP contribution is 2.21. The Morgan fingerprint density at radius 1 is 1.00 bits per heavy atom. The maximum Gasteiger partial charge on any atom is 0.341 e. The summed E-state index contributed by atoms with van der Waals surface area (Å²) in [6.07, 6.45) is 0.706. The van der Waals surface area contributed by atoms with E-state index in [0.29, 0.717) is 13.0 Å². The van der Waals surface area contributed by atoms with E-state index < -0.39 is 21.7 Å². The summed E-state index contributed by atoms with van der Waals surface area (Å²) in [5.41, 5.74) is 0.212. The van der Waals surface area contributed by atoms with Gasteiger partial charge in [0.1, 0.15) is 11.3 Å². The molecule has 0 spiro atoms.